The van der Waals surface area contributed by atoms with Gasteiger partial charge in [0.1, 0.15) is 5.54 Å². The van der Waals surface area contributed by atoms with E-state index in [1.807, 2.05) is 13.8 Å². The van der Waals surface area contributed by atoms with Gasteiger partial charge in [0, 0.05) is 0 Å². The Hall–Kier alpha value is -0.570. The van der Waals surface area contributed by atoms with Crippen molar-refractivity contribution in [3.8, 4) is 0 Å². The molecule has 0 aliphatic rings. The van der Waals surface area contributed by atoms with Crippen molar-refractivity contribution in [1.82, 2.24) is 0 Å². The smallest absolute Gasteiger partial charge is 0.323 e. The first kappa shape index (κ1) is 11.3. The lowest BCUT2D eigenvalue weighted by molar-refractivity contribution is -0.141. The quantitative estimate of drug-likeness (QED) is 0.557. The summed E-state index contributed by atoms with van der Waals surface area (Å²) in [5, 5.41) is 8.12. The molecule has 56 valence electrons. The fourth-order valence-electron chi connectivity index (χ4n) is 0. The first-order valence-corrected chi connectivity index (χ1v) is 2.97. The Balaban J connectivity index is 0. The molecule has 0 bridgehead atoms. The van der Waals surface area contributed by atoms with Crippen molar-refractivity contribution < 1.29 is 9.90 Å². The standard InChI is InChI=1S/C4H9NO2.C2H6/c1-4(2,5)3(6)7;1-2/h5H2,1-2H3,(H,6,7);1-2H3. The zero-order valence-electron chi connectivity index (χ0n) is 6.43. The first-order chi connectivity index (χ1) is 3.94. The van der Waals surface area contributed by atoms with Gasteiger partial charge >= 0.3 is 5.97 Å². The molecule has 0 spiro atoms. The van der Waals surface area contributed by atoms with Crippen LogP contribution in [0.1, 0.15) is 27.7 Å². The molecule has 0 rings (SSSR count). The van der Waals surface area contributed by atoms with Crippen molar-refractivity contribution in [3.63, 3.8) is 0 Å². The lowest BCUT2D eigenvalue weighted by Gasteiger charge is -2.09. The fraction of sp³-hybridized carbons (Fsp3) is 0.833. The molecule has 3 N–H and O–H groups in total. The topological polar surface area (TPSA) is 63.3 Å². The lowest BCUT2D eigenvalue weighted by Crippen LogP contribution is -2.41. The van der Waals surface area contributed by atoms with Crippen LogP contribution in [-0.4, -0.2) is 16.6 Å². The minimum atomic E-state index is -1.08. The summed E-state index contributed by atoms with van der Waals surface area (Å²) in [6.45, 7) is 6.88. The Morgan fingerprint density at radius 2 is 1.56 bits per heavy atom. The van der Waals surface area contributed by atoms with Crippen molar-refractivity contribution in [1.29, 1.82) is 0 Å². The maximum absolute atomic E-state index is 9.90. The highest BCUT2D eigenvalue weighted by Gasteiger charge is 2.19. The van der Waals surface area contributed by atoms with Crippen LogP contribution >= 0.6 is 0 Å². The number of nitrogens with two attached hydrogens (primary N) is 1. The molecule has 0 aromatic heterocycles. The van der Waals surface area contributed by atoms with Gasteiger partial charge in [-0.2, -0.15) is 0 Å². The van der Waals surface area contributed by atoms with Gasteiger partial charge in [-0.1, -0.05) is 13.8 Å². The normalized spacial score (nSPS) is 9.44. The monoisotopic (exact) mass is 133 g/mol. The van der Waals surface area contributed by atoms with E-state index in [-0.39, 0.29) is 0 Å². The van der Waals surface area contributed by atoms with Crippen LogP contribution in [-0.2, 0) is 4.79 Å². The summed E-state index contributed by atoms with van der Waals surface area (Å²) in [6, 6.07) is 0. The van der Waals surface area contributed by atoms with Crippen LogP contribution in [0.2, 0.25) is 0 Å². The molecular formula is C6H15NO2. The predicted octanol–water partition coefficient (Wildman–Crippen LogP) is 0.834. The van der Waals surface area contributed by atoms with Gasteiger partial charge < -0.3 is 10.8 Å². The summed E-state index contributed by atoms with van der Waals surface area (Å²) in [6.07, 6.45) is 0. The molecule has 0 saturated heterocycles. The minimum Gasteiger partial charge on any atom is -0.480 e. The van der Waals surface area contributed by atoms with Gasteiger partial charge in [0.05, 0.1) is 0 Å². The third-order valence-electron chi connectivity index (χ3n) is 0.551. The molecule has 0 atom stereocenters. The van der Waals surface area contributed by atoms with E-state index >= 15 is 0 Å². The van der Waals surface area contributed by atoms with E-state index in [4.69, 9.17) is 10.8 Å². The van der Waals surface area contributed by atoms with Gasteiger partial charge in [0.15, 0.2) is 0 Å². The second-order valence-electron chi connectivity index (χ2n) is 2.03. The van der Waals surface area contributed by atoms with Crippen molar-refractivity contribution in [2.45, 2.75) is 33.2 Å². The molecule has 0 fully saturated rings. The van der Waals surface area contributed by atoms with Crippen molar-refractivity contribution >= 4 is 5.97 Å². The summed E-state index contributed by atoms with van der Waals surface area (Å²) in [7, 11) is 0. The molecule has 0 aliphatic heterocycles. The molecule has 0 radical (unpaired) electrons. The number of carbonyl (C=O) groups is 1. The van der Waals surface area contributed by atoms with Crippen LogP contribution in [0.4, 0.5) is 0 Å². The molecule has 3 nitrogen and oxygen atoms in total. The molecule has 0 amide bonds. The van der Waals surface area contributed by atoms with E-state index in [9.17, 15) is 4.79 Å². The lowest BCUT2D eigenvalue weighted by atomic mass is 10.1. The molecule has 9 heavy (non-hydrogen) atoms. The van der Waals surface area contributed by atoms with E-state index in [1.54, 1.807) is 0 Å². The van der Waals surface area contributed by atoms with Crippen molar-refractivity contribution in [3.05, 3.63) is 0 Å². The molecule has 0 aliphatic carbocycles. The van der Waals surface area contributed by atoms with E-state index in [0.717, 1.165) is 0 Å². The maximum Gasteiger partial charge on any atom is 0.323 e. The molecule has 0 unspecified atom stereocenters. The van der Waals surface area contributed by atoms with Gasteiger partial charge in [-0.25, -0.2) is 0 Å². The Morgan fingerprint density at radius 1 is 1.44 bits per heavy atom. The fourth-order valence-corrected chi connectivity index (χ4v) is 0. The molecule has 3 heteroatoms. The number of carboxylic acids is 1. The van der Waals surface area contributed by atoms with E-state index < -0.39 is 11.5 Å². The van der Waals surface area contributed by atoms with Gasteiger partial charge in [0.25, 0.3) is 0 Å². The summed E-state index contributed by atoms with van der Waals surface area (Å²) in [5.74, 6) is -0.979. The van der Waals surface area contributed by atoms with Gasteiger partial charge in [-0.05, 0) is 13.8 Å². The number of rotatable bonds is 1. The summed E-state index contributed by atoms with van der Waals surface area (Å²) >= 11 is 0. The highest BCUT2D eigenvalue weighted by molar-refractivity contribution is 5.77. The zero-order chi connectivity index (χ0) is 8.08. The molecule has 0 heterocycles. The Morgan fingerprint density at radius 3 is 1.56 bits per heavy atom. The largest absolute Gasteiger partial charge is 0.480 e. The van der Waals surface area contributed by atoms with E-state index in [2.05, 4.69) is 0 Å². The van der Waals surface area contributed by atoms with Crippen molar-refractivity contribution in [2.75, 3.05) is 0 Å². The molecule has 0 aromatic carbocycles. The maximum atomic E-state index is 9.90. The van der Waals surface area contributed by atoms with Crippen LogP contribution in [0.3, 0.4) is 0 Å². The molecule has 0 aromatic rings. The summed E-state index contributed by atoms with van der Waals surface area (Å²) < 4.78 is 0. The van der Waals surface area contributed by atoms with Gasteiger partial charge in [0.2, 0.25) is 0 Å². The Kier molecular flexibility index (Phi) is 5.41. The highest BCUT2D eigenvalue weighted by Crippen LogP contribution is 1.93. The average Bonchev–Trinajstić information content (AvgIpc) is 1.69. The summed E-state index contributed by atoms with van der Waals surface area (Å²) in [5.41, 5.74) is 4.00. The second-order valence-corrected chi connectivity index (χ2v) is 2.03. The van der Waals surface area contributed by atoms with Crippen LogP contribution in [0.5, 0.6) is 0 Å². The number of hydrogen-bond acceptors (Lipinski definition) is 2. The second kappa shape index (κ2) is 4.32. The highest BCUT2D eigenvalue weighted by atomic mass is 16.4. The number of carboxylic acid groups (broad SMARTS) is 1. The number of hydrogen-bond donors (Lipinski definition) is 2. The minimum absolute atomic E-state index is 0.979. The number of aliphatic carboxylic acids is 1. The van der Waals surface area contributed by atoms with Crippen LogP contribution < -0.4 is 5.73 Å². The van der Waals surface area contributed by atoms with Crippen LogP contribution in [0, 0.1) is 0 Å². The van der Waals surface area contributed by atoms with E-state index in [0.29, 0.717) is 0 Å². The summed E-state index contributed by atoms with van der Waals surface area (Å²) in [4.78, 5) is 9.90. The SMILES string of the molecule is CC.CC(C)(N)C(=O)O. The third-order valence-corrected chi connectivity index (χ3v) is 0.551. The average molecular weight is 133 g/mol. The molecular weight excluding hydrogens is 118 g/mol. The predicted molar refractivity (Wildman–Crippen MR) is 37.3 cm³/mol. The molecule has 0 saturated carbocycles. The van der Waals surface area contributed by atoms with Gasteiger partial charge in [-0.15, -0.1) is 0 Å². The third kappa shape index (κ3) is 7.43. The van der Waals surface area contributed by atoms with Crippen LogP contribution in [0.25, 0.3) is 0 Å². The zero-order valence-corrected chi connectivity index (χ0v) is 6.43. The van der Waals surface area contributed by atoms with Gasteiger partial charge in [-0.3, -0.25) is 4.79 Å². The first-order valence-electron chi connectivity index (χ1n) is 2.97. The van der Waals surface area contributed by atoms with E-state index in [1.165, 1.54) is 13.8 Å². The van der Waals surface area contributed by atoms with Crippen molar-refractivity contribution in [2.24, 2.45) is 5.73 Å². The Labute approximate surface area is 55.9 Å². The Bertz CT molecular complexity index is 83.5. The van der Waals surface area contributed by atoms with Crippen LogP contribution in [0.15, 0.2) is 0 Å².